The van der Waals surface area contributed by atoms with E-state index in [1.54, 1.807) is 0 Å². The Morgan fingerprint density at radius 1 is 1.28 bits per heavy atom. The van der Waals surface area contributed by atoms with Gasteiger partial charge in [-0.2, -0.15) is 0 Å². The Balaban J connectivity index is 2.26. The Kier molecular flexibility index (Phi) is 4.65. The summed E-state index contributed by atoms with van der Waals surface area (Å²) in [6, 6.07) is 6.30. The standard InChI is InChI=1S/C16H25NO/c1-3-5-13(6-4-2)16-15-11-14(18)8-7-12(15)9-10-17-16/h7-8,11,13,16-18H,3-6,9-10H2,1-2H3. The molecule has 0 saturated carbocycles. The van der Waals surface area contributed by atoms with Crippen LogP contribution in [-0.4, -0.2) is 11.7 Å². The molecule has 0 bridgehead atoms. The number of phenols is 1. The van der Waals surface area contributed by atoms with Crippen molar-refractivity contribution in [3.05, 3.63) is 29.3 Å². The predicted molar refractivity (Wildman–Crippen MR) is 75.9 cm³/mol. The first-order chi connectivity index (χ1) is 8.76. The molecule has 2 nitrogen and oxygen atoms in total. The van der Waals surface area contributed by atoms with Crippen molar-refractivity contribution in [3.63, 3.8) is 0 Å². The van der Waals surface area contributed by atoms with Crippen molar-refractivity contribution in [3.8, 4) is 5.75 Å². The fourth-order valence-electron chi connectivity index (χ4n) is 3.21. The van der Waals surface area contributed by atoms with Gasteiger partial charge in [0.25, 0.3) is 0 Å². The number of fused-ring (bicyclic) bond motifs is 1. The van der Waals surface area contributed by atoms with E-state index in [9.17, 15) is 5.11 Å². The lowest BCUT2D eigenvalue weighted by Gasteiger charge is -2.33. The van der Waals surface area contributed by atoms with Crippen molar-refractivity contribution in [2.75, 3.05) is 6.54 Å². The van der Waals surface area contributed by atoms with Crippen LogP contribution in [-0.2, 0) is 6.42 Å². The third-order valence-corrected chi connectivity index (χ3v) is 4.01. The van der Waals surface area contributed by atoms with E-state index in [-0.39, 0.29) is 0 Å². The molecule has 2 N–H and O–H groups in total. The second-order valence-corrected chi connectivity index (χ2v) is 5.40. The zero-order valence-corrected chi connectivity index (χ0v) is 11.6. The highest BCUT2D eigenvalue weighted by molar-refractivity contribution is 5.39. The Hall–Kier alpha value is -1.02. The summed E-state index contributed by atoms with van der Waals surface area (Å²) in [6.07, 6.45) is 6.08. The van der Waals surface area contributed by atoms with Gasteiger partial charge in [0.1, 0.15) is 5.75 Å². The number of aromatic hydroxyl groups is 1. The summed E-state index contributed by atoms with van der Waals surface area (Å²) < 4.78 is 0. The van der Waals surface area contributed by atoms with Gasteiger partial charge in [-0.05, 0) is 55.0 Å². The molecule has 1 aliphatic heterocycles. The van der Waals surface area contributed by atoms with Crippen LogP contribution in [0.4, 0.5) is 0 Å². The summed E-state index contributed by atoms with van der Waals surface area (Å²) >= 11 is 0. The van der Waals surface area contributed by atoms with Crippen LogP contribution in [0.15, 0.2) is 18.2 Å². The third-order valence-electron chi connectivity index (χ3n) is 4.01. The van der Waals surface area contributed by atoms with Crippen molar-refractivity contribution < 1.29 is 5.11 Å². The molecule has 1 heterocycles. The van der Waals surface area contributed by atoms with Crippen molar-refractivity contribution in [2.24, 2.45) is 5.92 Å². The van der Waals surface area contributed by atoms with Crippen LogP contribution in [0, 0.1) is 5.92 Å². The van der Waals surface area contributed by atoms with Gasteiger partial charge in [0.15, 0.2) is 0 Å². The highest BCUT2D eigenvalue weighted by Gasteiger charge is 2.26. The average Bonchev–Trinajstić information content (AvgIpc) is 2.38. The lowest BCUT2D eigenvalue weighted by atomic mass is 9.82. The van der Waals surface area contributed by atoms with Crippen molar-refractivity contribution in [1.82, 2.24) is 5.32 Å². The zero-order valence-electron chi connectivity index (χ0n) is 11.6. The minimum absolute atomic E-state index is 0.397. The zero-order chi connectivity index (χ0) is 13.0. The first-order valence-electron chi connectivity index (χ1n) is 7.31. The summed E-state index contributed by atoms with van der Waals surface area (Å²) in [5.41, 5.74) is 2.74. The maximum atomic E-state index is 9.72. The van der Waals surface area contributed by atoms with Crippen LogP contribution in [0.1, 0.15) is 56.7 Å². The Labute approximate surface area is 110 Å². The number of hydrogen-bond donors (Lipinski definition) is 2. The van der Waals surface area contributed by atoms with Crippen LogP contribution in [0.2, 0.25) is 0 Å². The largest absolute Gasteiger partial charge is 0.508 e. The number of nitrogens with one attached hydrogen (secondary N) is 1. The monoisotopic (exact) mass is 247 g/mol. The third kappa shape index (κ3) is 2.86. The number of phenolic OH excluding ortho intramolecular Hbond substituents is 1. The number of hydrogen-bond acceptors (Lipinski definition) is 2. The van der Waals surface area contributed by atoms with Crippen LogP contribution in [0.25, 0.3) is 0 Å². The van der Waals surface area contributed by atoms with Gasteiger partial charge >= 0.3 is 0 Å². The quantitative estimate of drug-likeness (QED) is 0.829. The molecule has 0 amide bonds. The highest BCUT2D eigenvalue weighted by Crippen LogP contribution is 2.35. The van der Waals surface area contributed by atoms with Crippen LogP contribution in [0.5, 0.6) is 5.75 Å². The van der Waals surface area contributed by atoms with Gasteiger partial charge in [0.05, 0.1) is 0 Å². The second-order valence-electron chi connectivity index (χ2n) is 5.40. The maximum Gasteiger partial charge on any atom is 0.115 e. The van der Waals surface area contributed by atoms with E-state index in [4.69, 9.17) is 0 Å². The molecule has 1 aliphatic rings. The molecule has 0 fully saturated rings. The average molecular weight is 247 g/mol. The molecule has 100 valence electrons. The summed E-state index contributed by atoms with van der Waals surface area (Å²) in [7, 11) is 0. The fourth-order valence-corrected chi connectivity index (χ4v) is 3.21. The van der Waals surface area contributed by atoms with Gasteiger partial charge < -0.3 is 10.4 Å². The van der Waals surface area contributed by atoms with Crippen LogP contribution in [0.3, 0.4) is 0 Å². The van der Waals surface area contributed by atoms with E-state index in [0.717, 1.165) is 13.0 Å². The van der Waals surface area contributed by atoms with E-state index in [1.807, 2.05) is 12.1 Å². The molecule has 0 saturated heterocycles. The smallest absolute Gasteiger partial charge is 0.115 e. The normalized spacial score (nSPS) is 18.9. The molecule has 2 heteroatoms. The van der Waals surface area contributed by atoms with E-state index in [0.29, 0.717) is 17.7 Å². The Morgan fingerprint density at radius 3 is 2.67 bits per heavy atom. The maximum absolute atomic E-state index is 9.72. The molecule has 1 unspecified atom stereocenters. The van der Waals surface area contributed by atoms with Gasteiger partial charge in [-0.25, -0.2) is 0 Å². The summed E-state index contributed by atoms with van der Waals surface area (Å²) in [5.74, 6) is 1.09. The van der Waals surface area contributed by atoms with Gasteiger partial charge in [-0.15, -0.1) is 0 Å². The molecule has 0 radical (unpaired) electrons. The number of benzene rings is 1. The first-order valence-corrected chi connectivity index (χ1v) is 7.31. The lowest BCUT2D eigenvalue weighted by Crippen LogP contribution is -2.34. The van der Waals surface area contributed by atoms with Gasteiger partial charge in [-0.3, -0.25) is 0 Å². The number of rotatable bonds is 5. The molecule has 1 aromatic carbocycles. The Morgan fingerprint density at radius 2 is 2.00 bits per heavy atom. The van der Waals surface area contributed by atoms with E-state index < -0.39 is 0 Å². The molecule has 0 aromatic heterocycles. The minimum atomic E-state index is 0.397. The van der Waals surface area contributed by atoms with Crippen molar-refractivity contribution in [2.45, 2.75) is 52.0 Å². The molecule has 0 aliphatic carbocycles. The van der Waals surface area contributed by atoms with E-state index in [1.165, 1.54) is 36.8 Å². The van der Waals surface area contributed by atoms with Gasteiger partial charge in [-0.1, -0.05) is 32.8 Å². The lowest BCUT2D eigenvalue weighted by molar-refractivity contribution is 0.305. The summed E-state index contributed by atoms with van der Waals surface area (Å²) in [6.45, 7) is 5.58. The topological polar surface area (TPSA) is 32.3 Å². The molecule has 18 heavy (non-hydrogen) atoms. The van der Waals surface area contributed by atoms with Crippen molar-refractivity contribution >= 4 is 0 Å². The van der Waals surface area contributed by atoms with Crippen LogP contribution >= 0.6 is 0 Å². The predicted octanol–water partition coefficient (Wildman–Crippen LogP) is 3.80. The Bertz CT molecular complexity index is 383. The molecular weight excluding hydrogens is 222 g/mol. The fraction of sp³-hybridized carbons (Fsp3) is 0.625. The molecular formula is C16H25NO. The minimum Gasteiger partial charge on any atom is -0.508 e. The van der Waals surface area contributed by atoms with E-state index in [2.05, 4.69) is 25.2 Å². The van der Waals surface area contributed by atoms with Crippen LogP contribution < -0.4 is 5.32 Å². The van der Waals surface area contributed by atoms with Gasteiger partial charge in [0.2, 0.25) is 0 Å². The van der Waals surface area contributed by atoms with Crippen molar-refractivity contribution in [1.29, 1.82) is 0 Å². The van der Waals surface area contributed by atoms with E-state index >= 15 is 0 Å². The first kappa shape index (κ1) is 13.4. The summed E-state index contributed by atoms with van der Waals surface area (Å²) in [4.78, 5) is 0. The second kappa shape index (κ2) is 6.24. The van der Waals surface area contributed by atoms with Gasteiger partial charge in [0, 0.05) is 6.04 Å². The molecule has 2 rings (SSSR count). The highest BCUT2D eigenvalue weighted by atomic mass is 16.3. The summed E-state index contributed by atoms with van der Waals surface area (Å²) in [5, 5.41) is 13.4. The molecule has 1 aromatic rings. The molecule has 0 spiro atoms. The SMILES string of the molecule is CCCC(CCC)C1NCCc2ccc(O)cc21. The molecule has 1 atom stereocenters.